The fourth-order valence-corrected chi connectivity index (χ4v) is 3.68. The van der Waals surface area contributed by atoms with Crippen molar-refractivity contribution in [2.24, 2.45) is 0 Å². The summed E-state index contributed by atoms with van der Waals surface area (Å²) in [5.41, 5.74) is 2.72. The topological polar surface area (TPSA) is 61.4 Å². The van der Waals surface area contributed by atoms with Gasteiger partial charge in [-0.25, -0.2) is 0 Å². The zero-order valence-electron chi connectivity index (χ0n) is 17.0. The minimum absolute atomic E-state index is 0.196. The Morgan fingerprint density at radius 3 is 2.19 bits per heavy atom. The van der Waals surface area contributed by atoms with E-state index >= 15 is 0 Å². The molecule has 7 heteroatoms. The Kier molecular flexibility index (Phi) is 7.92. The van der Waals surface area contributed by atoms with Gasteiger partial charge in [-0.3, -0.25) is 14.9 Å². The molecule has 0 heterocycles. The maximum absolute atomic E-state index is 12.8. The second-order valence-corrected chi connectivity index (χ2v) is 8.05. The Hall–Kier alpha value is -3.03. The monoisotopic (exact) mass is 495 g/mol. The minimum atomic E-state index is -0.325. The van der Waals surface area contributed by atoms with Crippen molar-refractivity contribution in [3.05, 3.63) is 100 Å². The fraction of sp³-hybridized carbons (Fsp3) is 0.125. The van der Waals surface area contributed by atoms with Crippen LogP contribution >= 0.6 is 28.1 Å². The third kappa shape index (κ3) is 5.99. The lowest BCUT2D eigenvalue weighted by Crippen LogP contribution is -2.41. The number of nitrogens with zero attached hydrogens (tertiary/aromatic N) is 1. The van der Waals surface area contributed by atoms with Crippen molar-refractivity contribution in [2.75, 3.05) is 18.5 Å². The van der Waals surface area contributed by atoms with E-state index in [9.17, 15) is 9.59 Å². The van der Waals surface area contributed by atoms with Gasteiger partial charge in [-0.1, -0.05) is 54.6 Å². The van der Waals surface area contributed by atoms with Gasteiger partial charge in [0.1, 0.15) is 0 Å². The van der Waals surface area contributed by atoms with E-state index in [1.165, 1.54) is 0 Å². The number of amides is 2. The zero-order valence-corrected chi connectivity index (χ0v) is 19.4. The Morgan fingerprint density at radius 2 is 1.48 bits per heavy atom. The highest BCUT2D eigenvalue weighted by molar-refractivity contribution is 9.10. The molecule has 0 fully saturated rings. The second kappa shape index (κ2) is 10.8. The van der Waals surface area contributed by atoms with E-state index in [0.717, 1.165) is 12.0 Å². The summed E-state index contributed by atoms with van der Waals surface area (Å²) in [5, 5.41) is 5.88. The van der Waals surface area contributed by atoms with Crippen LogP contribution in [-0.2, 0) is 6.42 Å². The minimum Gasteiger partial charge on any atom is -0.352 e. The maximum atomic E-state index is 12.8. The summed E-state index contributed by atoms with van der Waals surface area (Å²) in [6, 6.07) is 24.2. The molecule has 0 unspecified atom stereocenters. The van der Waals surface area contributed by atoms with Crippen LogP contribution in [0.5, 0.6) is 0 Å². The molecule has 158 valence electrons. The summed E-state index contributed by atoms with van der Waals surface area (Å²) < 4.78 is 0.677. The third-order valence-corrected chi connectivity index (χ3v) is 5.76. The van der Waals surface area contributed by atoms with Gasteiger partial charge in [0.05, 0.1) is 16.8 Å². The molecule has 0 spiro atoms. The summed E-state index contributed by atoms with van der Waals surface area (Å²) in [5.74, 6) is -0.521. The van der Waals surface area contributed by atoms with E-state index in [1.54, 1.807) is 48.3 Å². The number of rotatable bonds is 6. The lowest BCUT2D eigenvalue weighted by atomic mass is 10.1. The number of carbonyl (C=O) groups is 2. The number of hydrogen-bond acceptors (Lipinski definition) is 3. The molecular formula is C24H22BrN3O2S. The van der Waals surface area contributed by atoms with Crippen LogP contribution in [-0.4, -0.2) is 30.5 Å². The molecule has 0 atom stereocenters. The Bertz CT molecular complexity index is 1090. The van der Waals surface area contributed by atoms with Crippen molar-refractivity contribution in [2.45, 2.75) is 6.42 Å². The van der Waals surface area contributed by atoms with Gasteiger partial charge in [-0.15, -0.1) is 0 Å². The van der Waals surface area contributed by atoms with Gasteiger partial charge < -0.3 is 10.2 Å². The van der Waals surface area contributed by atoms with Crippen LogP contribution in [0.1, 0.15) is 26.3 Å². The van der Waals surface area contributed by atoms with E-state index in [0.29, 0.717) is 27.8 Å². The average molecular weight is 496 g/mol. The average Bonchev–Trinajstić information content (AvgIpc) is 2.79. The van der Waals surface area contributed by atoms with Crippen molar-refractivity contribution >= 4 is 50.8 Å². The van der Waals surface area contributed by atoms with Crippen LogP contribution in [0, 0.1) is 0 Å². The number of halogens is 1. The number of hydrogen-bond donors (Lipinski definition) is 2. The smallest absolute Gasteiger partial charge is 0.258 e. The van der Waals surface area contributed by atoms with Crippen molar-refractivity contribution in [1.82, 2.24) is 10.6 Å². The Morgan fingerprint density at radius 1 is 0.871 bits per heavy atom. The van der Waals surface area contributed by atoms with Crippen LogP contribution in [0.2, 0.25) is 0 Å². The first kappa shape index (κ1) is 22.7. The first-order chi connectivity index (χ1) is 15.0. The van der Waals surface area contributed by atoms with Gasteiger partial charge >= 0.3 is 0 Å². The van der Waals surface area contributed by atoms with Crippen LogP contribution < -0.4 is 15.5 Å². The lowest BCUT2D eigenvalue weighted by Gasteiger charge is -2.23. The predicted molar refractivity (Wildman–Crippen MR) is 132 cm³/mol. The molecule has 0 aliphatic carbocycles. The number of carbonyl (C=O) groups excluding carboxylic acids is 2. The first-order valence-corrected chi connectivity index (χ1v) is 10.9. The van der Waals surface area contributed by atoms with Crippen LogP contribution in [0.25, 0.3) is 0 Å². The number of anilines is 1. The second-order valence-electron chi connectivity index (χ2n) is 6.81. The molecule has 3 aromatic carbocycles. The summed E-state index contributed by atoms with van der Waals surface area (Å²) in [4.78, 5) is 27.0. The van der Waals surface area contributed by atoms with Crippen LogP contribution in [0.15, 0.2) is 83.3 Å². The number of nitrogens with one attached hydrogen (secondary N) is 2. The third-order valence-electron chi connectivity index (χ3n) is 4.70. The van der Waals surface area contributed by atoms with E-state index in [1.807, 2.05) is 42.5 Å². The quantitative estimate of drug-likeness (QED) is 0.491. The first-order valence-electron chi connectivity index (χ1n) is 9.72. The predicted octanol–water partition coefficient (Wildman–Crippen LogP) is 4.57. The maximum Gasteiger partial charge on any atom is 0.258 e. The number of para-hydroxylation sites is 1. The Labute approximate surface area is 195 Å². The highest BCUT2D eigenvalue weighted by Gasteiger charge is 2.18. The largest absolute Gasteiger partial charge is 0.352 e. The Balaban J connectivity index is 1.66. The highest BCUT2D eigenvalue weighted by atomic mass is 79.9. The molecular weight excluding hydrogens is 474 g/mol. The van der Waals surface area contributed by atoms with E-state index in [-0.39, 0.29) is 16.9 Å². The molecule has 3 aromatic rings. The van der Waals surface area contributed by atoms with Gasteiger partial charge in [-0.2, -0.15) is 0 Å². The highest BCUT2D eigenvalue weighted by Crippen LogP contribution is 2.20. The van der Waals surface area contributed by atoms with Crippen molar-refractivity contribution in [1.29, 1.82) is 0 Å². The molecule has 5 nitrogen and oxygen atoms in total. The van der Waals surface area contributed by atoms with Gasteiger partial charge in [0.15, 0.2) is 5.11 Å². The molecule has 31 heavy (non-hydrogen) atoms. The molecule has 0 saturated heterocycles. The lowest BCUT2D eigenvalue weighted by molar-refractivity contribution is 0.0952. The van der Waals surface area contributed by atoms with Gasteiger partial charge in [-0.05, 0) is 64.4 Å². The van der Waals surface area contributed by atoms with Crippen molar-refractivity contribution in [3.8, 4) is 0 Å². The fourth-order valence-electron chi connectivity index (χ4n) is 3.02. The standard InChI is InChI=1S/C24H22BrN3O2S/c1-28(24(31)27-23(30)18-11-5-7-13-20(18)25)21-14-8-6-12-19(21)22(29)26-16-15-17-9-3-2-4-10-17/h2-14H,15-16H2,1H3,(H,26,29)(H,27,30,31). The number of benzene rings is 3. The zero-order chi connectivity index (χ0) is 22.2. The molecule has 3 rings (SSSR count). The van der Waals surface area contributed by atoms with Crippen LogP contribution in [0.3, 0.4) is 0 Å². The summed E-state index contributed by atoms with van der Waals surface area (Å²) in [6.45, 7) is 0.518. The molecule has 0 radical (unpaired) electrons. The molecule has 0 bridgehead atoms. The van der Waals surface area contributed by atoms with Gasteiger partial charge in [0.2, 0.25) is 0 Å². The summed E-state index contributed by atoms with van der Waals surface area (Å²) in [7, 11) is 1.72. The van der Waals surface area contributed by atoms with E-state index in [4.69, 9.17) is 12.2 Å². The SMILES string of the molecule is CN(C(=S)NC(=O)c1ccccc1Br)c1ccccc1C(=O)NCCc1ccccc1. The van der Waals surface area contributed by atoms with Gasteiger partial charge in [0, 0.05) is 18.1 Å². The van der Waals surface area contributed by atoms with E-state index < -0.39 is 0 Å². The van der Waals surface area contributed by atoms with Crippen LogP contribution in [0.4, 0.5) is 5.69 Å². The summed E-state index contributed by atoms with van der Waals surface area (Å²) >= 11 is 8.79. The number of thiocarbonyl (C=S) groups is 1. The van der Waals surface area contributed by atoms with Crippen molar-refractivity contribution < 1.29 is 9.59 Å². The normalized spacial score (nSPS) is 10.3. The summed E-state index contributed by atoms with van der Waals surface area (Å²) in [6.07, 6.45) is 0.741. The van der Waals surface area contributed by atoms with Gasteiger partial charge in [0.25, 0.3) is 11.8 Å². The molecule has 0 saturated carbocycles. The molecule has 0 aromatic heterocycles. The van der Waals surface area contributed by atoms with E-state index in [2.05, 4.69) is 26.6 Å². The molecule has 0 aliphatic heterocycles. The van der Waals surface area contributed by atoms with Crippen molar-refractivity contribution in [3.63, 3.8) is 0 Å². The molecule has 0 aliphatic rings. The molecule has 2 amide bonds. The molecule has 2 N–H and O–H groups in total.